The van der Waals surface area contributed by atoms with Crippen molar-refractivity contribution in [2.45, 2.75) is 20.0 Å². The van der Waals surface area contributed by atoms with Gasteiger partial charge >= 0.3 is 0 Å². The summed E-state index contributed by atoms with van der Waals surface area (Å²) in [6.07, 6.45) is 4.21. The molecule has 0 radical (unpaired) electrons. The molecule has 0 fully saturated rings. The minimum Gasteiger partial charge on any atom is -0.380 e. The summed E-state index contributed by atoms with van der Waals surface area (Å²) in [6.45, 7) is 3.65. The van der Waals surface area contributed by atoms with E-state index < -0.39 is 6.10 Å². The van der Waals surface area contributed by atoms with Crippen molar-refractivity contribution in [2.24, 2.45) is 0 Å². The van der Waals surface area contributed by atoms with Gasteiger partial charge in [0.05, 0.1) is 0 Å². The third-order valence-electron chi connectivity index (χ3n) is 2.31. The average Bonchev–Trinajstić information content (AvgIpc) is 2.35. The second-order valence-corrected chi connectivity index (χ2v) is 3.42. The van der Waals surface area contributed by atoms with Gasteiger partial charge in [-0.25, -0.2) is 0 Å². The standard InChI is InChI=1S/C14H16O2/c1-3-8-11(4-2)13(15)14(16)12-9-6-5-7-10-12/h3-10,13,15H,1-2H3/b8-3-,11-4+. The number of allylic oxidation sites excluding steroid dienone is 2. The lowest BCUT2D eigenvalue weighted by Crippen LogP contribution is -2.22. The van der Waals surface area contributed by atoms with Crippen molar-refractivity contribution in [2.75, 3.05) is 0 Å². The van der Waals surface area contributed by atoms with E-state index in [1.807, 2.05) is 13.0 Å². The molecule has 0 spiro atoms. The third kappa shape index (κ3) is 2.91. The molecule has 0 heterocycles. The van der Waals surface area contributed by atoms with E-state index in [0.717, 1.165) is 0 Å². The first-order valence-electron chi connectivity index (χ1n) is 5.27. The van der Waals surface area contributed by atoms with Gasteiger partial charge in [-0.3, -0.25) is 4.79 Å². The Hall–Kier alpha value is -1.67. The summed E-state index contributed by atoms with van der Waals surface area (Å²) < 4.78 is 0. The first kappa shape index (κ1) is 12.4. The van der Waals surface area contributed by atoms with Gasteiger partial charge in [-0.15, -0.1) is 0 Å². The summed E-state index contributed by atoms with van der Waals surface area (Å²) >= 11 is 0. The number of hydrogen-bond acceptors (Lipinski definition) is 2. The van der Waals surface area contributed by atoms with Crippen LogP contribution in [0, 0.1) is 0 Å². The maximum absolute atomic E-state index is 11.9. The Bertz CT molecular complexity index is 402. The summed E-state index contributed by atoms with van der Waals surface area (Å²) in [4.78, 5) is 11.9. The Morgan fingerprint density at radius 2 is 1.88 bits per heavy atom. The lowest BCUT2D eigenvalue weighted by atomic mass is 9.99. The quantitative estimate of drug-likeness (QED) is 0.620. The van der Waals surface area contributed by atoms with Crippen molar-refractivity contribution in [1.29, 1.82) is 0 Å². The molecule has 1 atom stereocenters. The van der Waals surface area contributed by atoms with Gasteiger partial charge in [0.1, 0.15) is 6.10 Å². The van der Waals surface area contributed by atoms with E-state index >= 15 is 0 Å². The fourth-order valence-electron chi connectivity index (χ4n) is 1.45. The van der Waals surface area contributed by atoms with Crippen molar-refractivity contribution in [3.8, 4) is 0 Å². The number of benzene rings is 1. The van der Waals surface area contributed by atoms with Crippen LogP contribution >= 0.6 is 0 Å². The van der Waals surface area contributed by atoms with E-state index in [-0.39, 0.29) is 5.78 Å². The van der Waals surface area contributed by atoms with Crippen LogP contribution in [0.5, 0.6) is 0 Å². The number of carbonyl (C=O) groups excluding carboxylic acids is 1. The van der Waals surface area contributed by atoms with Gasteiger partial charge in [0.15, 0.2) is 5.78 Å². The topological polar surface area (TPSA) is 37.3 Å². The second kappa shape index (κ2) is 6.03. The molecule has 2 heteroatoms. The molecule has 0 aromatic heterocycles. The van der Waals surface area contributed by atoms with Crippen LogP contribution in [0.4, 0.5) is 0 Å². The first-order chi connectivity index (χ1) is 7.70. The normalized spacial score (nSPS) is 14.1. The molecule has 1 aromatic rings. The third-order valence-corrected chi connectivity index (χ3v) is 2.31. The summed E-state index contributed by atoms with van der Waals surface area (Å²) in [5.74, 6) is -0.271. The fourth-order valence-corrected chi connectivity index (χ4v) is 1.45. The SMILES string of the molecule is C/C=C\C(=C/C)C(O)C(=O)c1ccccc1. The zero-order valence-corrected chi connectivity index (χ0v) is 9.55. The molecule has 0 aliphatic carbocycles. The fraction of sp³-hybridized carbons (Fsp3) is 0.214. The van der Waals surface area contributed by atoms with Gasteiger partial charge in [0.2, 0.25) is 0 Å². The average molecular weight is 216 g/mol. The summed E-state index contributed by atoms with van der Waals surface area (Å²) in [5.41, 5.74) is 1.15. The summed E-state index contributed by atoms with van der Waals surface area (Å²) in [6, 6.07) is 8.81. The lowest BCUT2D eigenvalue weighted by molar-refractivity contribution is 0.0809. The van der Waals surface area contributed by atoms with Gasteiger partial charge in [0.25, 0.3) is 0 Å². The summed E-state index contributed by atoms with van der Waals surface area (Å²) in [7, 11) is 0. The van der Waals surface area contributed by atoms with Crippen LogP contribution in [0.1, 0.15) is 24.2 Å². The van der Waals surface area contributed by atoms with Crippen LogP contribution in [0.25, 0.3) is 0 Å². The summed E-state index contributed by atoms with van der Waals surface area (Å²) in [5, 5.41) is 9.89. The molecular formula is C14H16O2. The van der Waals surface area contributed by atoms with Gasteiger partial charge in [-0.1, -0.05) is 48.6 Å². The lowest BCUT2D eigenvalue weighted by Gasteiger charge is -2.10. The van der Waals surface area contributed by atoms with E-state index in [4.69, 9.17) is 0 Å². The highest BCUT2D eigenvalue weighted by Crippen LogP contribution is 2.11. The molecule has 1 N–H and O–H groups in total. The molecule has 1 rings (SSSR count). The van der Waals surface area contributed by atoms with Crippen LogP contribution in [-0.4, -0.2) is 17.0 Å². The number of aliphatic hydroxyl groups is 1. The van der Waals surface area contributed by atoms with Crippen molar-refractivity contribution < 1.29 is 9.90 Å². The van der Waals surface area contributed by atoms with Gasteiger partial charge in [-0.05, 0) is 19.4 Å². The maximum Gasteiger partial charge on any atom is 0.195 e. The number of hydrogen-bond donors (Lipinski definition) is 1. The van der Waals surface area contributed by atoms with E-state index in [1.54, 1.807) is 49.4 Å². The van der Waals surface area contributed by atoms with E-state index in [2.05, 4.69) is 0 Å². The van der Waals surface area contributed by atoms with Gasteiger partial charge < -0.3 is 5.11 Å². The molecule has 0 saturated carbocycles. The number of Topliss-reactive ketones (excluding diaryl/α,β-unsaturated/α-hetero) is 1. The smallest absolute Gasteiger partial charge is 0.195 e. The zero-order chi connectivity index (χ0) is 12.0. The minimum atomic E-state index is -1.08. The first-order valence-corrected chi connectivity index (χ1v) is 5.27. The predicted molar refractivity (Wildman–Crippen MR) is 65.4 cm³/mol. The monoisotopic (exact) mass is 216 g/mol. The van der Waals surface area contributed by atoms with Crippen LogP contribution in [0.15, 0.2) is 54.1 Å². The van der Waals surface area contributed by atoms with E-state index in [0.29, 0.717) is 11.1 Å². The Morgan fingerprint density at radius 1 is 1.25 bits per heavy atom. The molecular weight excluding hydrogens is 200 g/mol. The zero-order valence-electron chi connectivity index (χ0n) is 9.55. The number of carbonyl (C=O) groups is 1. The van der Waals surface area contributed by atoms with E-state index in [1.165, 1.54) is 0 Å². The Balaban J connectivity index is 2.90. The molecule has 0 aliphatic rings. The number of aliphatic hydroxyl groups excluding tert-OH is 1. The van der Waals surface area contributed by atoms with Crippen LogP contribution in [-0.2, 0) is 0 Å². The molecule has 2 nitrogen and oxygen atoms in total. The molecule has 0 bridgehead atoms. The minimum absolute atomic E-state index is 0.271. The molecule has 16 heavy (non-hydrogen) atoms. The highest BCUT2D eigenvalue weighted by molar-refractivity contribution is 6.01. The van der Waals surface area contributed by atoms with Crippen molar-refractivity contribution >= 4 is 5.78 Å². The number of rotatable bonds is 4. The predicted octanol–water partition coefficient (Wildman–Crippen LogP) is 2.75. The van der Waals surface area contributed by atoms with Crippen LogP contribution in [0.2, 0.25) is 0 Å². The molecule has 1 aromatic carbocycles. The molecule has 1 unspecified atom stereocenters. The van der Waals surface area contributed by atoms with Crippen molar-refractivity contribution in [1.82, 2.24) is 0 Å². The second-order valence-electron chi connectivity index (χ2n) is 3.42. The van der Waals surface area contributed by atoms with Crippen LogP contribution < -0.4 is 0 Å². The Morgan fingerprint density at radius 3 is 2.38 bits per heavy atom. The Kier molecular flexibility index (Phi) is 4.67. The molecule has 0 aliphatic heterocycles. The van der Waals surface area contributed by atoms with Gasteiger partial charge in [0, 0.05) is 5.56 Å². The Labute approximate surface area is 95.9 Å². The highest BCUT2D eigenvalue weighted by Gasteiger charge is 2.18. The highest BCUT2D eigenvalue weighted by atomic mass is 16.3. The van der Waals surface area contributed by atoms with Crippen LogP contribution in [0.3, 0.4) is 0 Å². The van der Waals surface area contributed by atoms with Crippen molar-refractivity contribution in [3.63, 3.8) is 0 Å². The van der Waals surface area contributed by atoms with Crippen molar-refractivity contribution in [3.05, 3.63) is 59.7 Å². The molecule has 0 saturated heterocycles. The molecule has 0 amide bonds. The molecule has 84 valence electrons. The van der Waals surface area contributed by atoms with Gasteiger partial charge in [-0.2, -0.15) is 0 Å². The number of ketones is 1. The largest absolute Gasteiger partial charge is 0.380 e. The van der Waals surface area contributed by atoms with E-state index in [9.17, 15) is 9.90 Å². The maximum atomic E-state index is 11.9.